The van der Waals surface area contributed by atoms with Gasteiger partial charge in [-0.05, 0) is 74.1 Å². The van der Waals surface area contributed by atoms with E-state index in [2.05, 4.69) is 38.3 Å². The predicted octanol–water partition coefficient (Wildman–Crippen LogP) is 3.81. The molecule has 0 spiro atoms. The molecule has 0 aliphatic heterocycles. The Morgan fingerprint density at radius 3 is 2.14 bits per heavy atom. The standard InChI is InChI=1S/C18H23FN2/c1-11-7-12(2)17(13(3)8-11)10-18(21-20)16-6-5-15(19)9-14(16)4/h5-9,18,21H,10,20H2,1-4H3. The van der Waals surface area contributed by atoms with E-state index in [1.807, 2.05) is 13.0 Å². The lowest BCUT2D eigenvalue weighted by atomic mass is 9.90. The summed E-state index contributed by atoms with van der Waals surface area (Å²) in [5, 5.41) is 0. The second-order valence-corrected chi connectivity index (χ2v) is 5.80. The smallest absolute Gasteiger partial charge is 0.123 e. The van der Waals surface area contributed by atoms with Crippen molar-refractivity contribution in [3.05, 3.63) is 69.5 Å². The Morgan fingerprint density at radius 2 is 1.62 bits per heavy atom. The van der Waals surface area contributed by atoms with Gasteiger partial charge in [0.05, 0.1) is 6.04 Å². The lowest BCUT2D eigenvalue weighted by molar-refractivity contribution is 0.544. The van der Waals surface area contributed by atoms with Gasteiger partial charge in [0, 0.05) is 0 Å². The molecule has 0 radical (unpaired) electrons. The number of nitrogens with one attached hydrogen (secondary N) is 1. The summed E-state index contributed by atoms with van der Waals surface area (Å²) in [6, 6.07) is 9.20. The van der Waals surface area contributed by atoms with Gasteiger partial charge in [-0.25, -0.2) is 4.39 Å². The summed E-state index contributed by atoms with van der Waals surface area (Å²) in [5.41, 5.74) is 9.94. The Bertz CT molecular complexity index is 627. The number of hydrogen-bond acceptors (Lipinski definition) is 2. The van der Waals surface area contributed by atoms with Gasteiger partial charge >= 0.3 is 0 Å². The Morgan fingerprint density at radius 1 is 1.00 bits per heavy atom. The molecule has 0 saturated carbocycles. The van der Waals surface area contributed by atoms with E-state index in [4.69, 9.17) is 5.84 Å². The highest BCUT2D eigenvalue weighted by Gasteiger charge is 2.16. The maximum absolute atomic E-state index is 13.3. The second-order valence-electron chi connectivity index (χ2n) is 5.80. The zero-order valence-electron chi connectivity index (χ0n) is 13.1. The molecule has 112 valence electrons. The first kappa shape index (κ1) is 15.7. The van der Waals surface area contributed by atoms with E-state index in [0.717, 1.165) is 17.5 Å². The fourth-order valence-corrected chi connectivity index (χ4v) is 3.02. The Balaban J connectivity index is 2.36. The topological polar surface area (TPSA) is 38.0 Å². The van der Waals surface area contributed by atoms with Crippen molar-refractivity contribution >= 4 is 0 Å². The van der Waals surface area contributed by atoms with Crippen LogP contribution in [-0.4, -0.2) is 0 Å². The molecule has 0 heterocycles. The summed E-state index contributed by atoms with van der Waals surface area (Å²) in [6.07, 6.45) is 0.793. The van der Waals surface area contributed by atoms with Crippen LogP contribution in [0.5, 0.6) is 0 Å². The Kier molecular flexibility index (Phi) is 4.76. The first-order chi connectivity index (χ1) is 9.92. The van der Waals surface area contributed by atoms with Crippen molar-refractivity contribution in [2.75, 3.05) is 0 Å². The predicted molar refractivity (Wildman–Crippen MR) is 85.6 cm³/mol. The van der Waals surface area contributed by atoms with Gasteiger partial charge in [-0.3, -0.25) is 11.3 Å². The SMILES string of the molecule is Cc1cc(C)c(CC(NN)c2ccc(F)cc2C)c(C)c1. The maximum atomic E-state index is 13.3. The normalized spacial score (nSPS) is 12.5. The van der Waals surface area contributed by atoms with Crippen molar-refractivity contribution in [1.29, 1.82) is 0 Å². The summed E-state index contributed by atoms with van der Waals surface area (Å²) >= 11 is 0. The summed E-state index contributed by atoms with van der Waals surface area (Å²) in [6.45, 7) is 8.27. The molecule has 0 aromatic heterocycles. The van der Waals surface area contributed by atoms with Gasteiger partial charge < -0.3 is 0 Å². The Hall–Kier alpha value is -1.71. The molecule has 0 aliphatic rings. The van der Waals surface area contributed by atoms with Crippen molar-refractivity contribution in [3.63, 3.8) is 0 Å². The van der Waals surface area contributed by atoms with Gasteiger partial charge in [-0.15, -0.1) is 0 Å². The maximum Gasteiger partial charge on any atom is 0.123 e. The van der Waals surface area contributed by atoms with Crippen molar-refractivity contribution in [3.8, 4) is 0 Å². The lowest BCUT2D eigenvalue weighted by Crippen LogP contribution is -2.30. The minimum Gasteiger partial charge on any atom is -0.271 e. The number of halogens is 1. The molecule has 0 amide bonds. The highest BCUT2D eigenvalue weighted by Crippen LogP contribution is 2.26. The van der Waals surface area contributed by atoms with Crippen LogP contribution in [0.3, 0.4) is 0 Å². The summed E-state index contributed by atoms with van der Waals surface area (Å²) in [7, 11) is 0. The highest BCUT2D eigenvalue weighted by atomic mass is 19.1. The van der Waals surface area contributed by atoms with E-state index in [9.17, 15) is 4.39 Å². The minimum absolute atomic E-state index is 0.0225. The molecular weight excluding hydrogens is 263 g/mol. The van der Waals surface area contributed by atoms with Crippen molar-refractivity contribution in [1.82, 2.24) is 5.43 Å². The largest absolute Gasteiger partial charge is 0.271 e. The van der Waals surface area contributed by atoms with E-state index >= 15 is 0 Å². The van der Waals surface area contributed by atoms with Gasteiger partial charge in [0.1, 0.15) is 5.82 Å². The third-order valence-corrected chi connectivity index (χ3v) is 4.06. The monoisotopic (exact) mass is 286 g/mol. The zero-order valence-corrected chi connectivity index (χ0v) is 13.1. The molecule has 21 heavy (non-hydrogen) atoms. The lowest BCUT2D eigenvalue weighted by Gasteiger charge is -2.21. The number of benzene rings is 2. The average molecular weight is 286 g/mol. The van der Waals surface area contributed by atoms with Crippen LogP contribution >= 0.6 is 0 Å². The molecular formula is C18H23FN2. The van der Waals surface area contributed by atoms with Gasteiger partial charge in [-0.1, -0.05) is 23.8 Å². The van der Waals surface area contributed by atoms with Crippen molar-refractivity contribution in [2.24, 2.45) is 5.84 Å². The molecule has 3 heteroatoms. The quantitative estimate of drug-likeness (QED) is 0.662. The molecule has 1 atom stereocenters. The van der Waals surface area contributed by atoms with E-state index in [1.54, 1.807) is 6.07 Å². The molecule has 0 fully saturated rings. The van der Waals surface area contributed by atoms with E-state index < -0.39 is 0 Å². The summed E-state index contributed by atoms with van der Waals surface area (Å²) in [5.74, 6) is 5.53. The van der Waals surface area contributed by atoms with Crippen LogP contribution in [0.2, 0.25) is 0 Å². The van der Waals surface area contributed by atoms with Crippen LogP contribution in [0, 0.1) is 33.5 Å². The van der Waals surface area contributed by atoms with Crippen LogP contribution in [0.4, 0.5) is 4.39 Å². The number of nitrogens with two attached hydrogens (primary N) is 1. The summed E-state index contributed by atoms with van der Waals surface area (Å²) < 4.78 is 13.3. The molecule has 1 unspecified atom stereocenters. The average Bonchev–Trinajstić information content (AvgIpc) is 2.39. The summed E-state index contributed by atoms with van der Waals surface area (Å²) in [4.78, 5) is 0. The van der Waals surface area contributed by atoms with Crippen LogP contribution in [0.25, 0.3) is 0 Å². The third-order valence-electron chi connectivity index (χ3n) is 4.06. The minimum atomic E-state index is -0.213. The number of hydrogen-bond donors (Lipinski definition) is 2. The van der Waals surface area contributed by atoms with Crippen LogP contribution < -0.4 is 11.3 Å². The molecule has 0 bridgehead atoms. The van der Waals surface area contributed by atoms with Gasteiger partial charge in [-0.2, -0.15) is 0 Å². The number of hydrazine groups is 1. The molecule has 0 aliphatic carbocycles. The number of aryl methyl sites for hydroxylation is 4. The fraction of sp³-hybridized carbons (Fsp3) is 0.333. The number of rotatable bonds is 4. The first-order valence-electron chi connectivity index (χ1n) is 7.21. The van der Waals surface area contributed by atoms with E-state index in [-0.39, 0.29) is 11.9 Å². The van der Waals surface area contributed by atoms with Gasteiger partial charge in [0.15, 0.2) is 0 Å². The molecule has 0 saturated heterocycles. The van der Waals surface area contributed by atoms with Crippen LogP contribution in [0.15, 0.2) is 30.3 Å². The van der Waals surface area contributed by atoms with Crippen LogP contribution in [-0.2, 0) is 6.42 Å². The van der Waals surface area contributed by atoms with Gasteiger partial charge in [0.2, 0.25) is 0 Å². The Labute approximate surface area is 126 Å². The molecule has 2 aromatic rings. The van der Waals surface area contributed by atoms with E-state index in [1.165, 1.54) is 28.3 Å². The first-order valence-corrected chi connectivity index (χ1v) is 7.21. The highest BCUT2D eigenvalue weighted by molar-refractivity contribution is 5.39. The van der Waals surface area contributed by atoms with Crippen molar-refractivity contribution < 1.29 is 4.39 Å². The van der Waals surface area contributed by atoms with Gasteiger partial charge in [0.25, 0.3) is 0 Å². The molecule has 2 rings (SSSR count). The third kappa shape index (κ3) is 3.49. The fourth-order valence-electron chi connectivity index (χ4n) is 3.02. The molecule has 3 N–H and O–H groups in total. The zero-order chi connectivity index (χ0) is 15.6. The van der Waals surface area contributed by atoms with Crippen LogP contribution in [0.1, 0.15) is 39.4 Å². The second kappa shape index (κ2) is 6.37. The van der Waals surface area contributed by atoms with E-state index in [0.29, 0.717) is 0 Å². The molecule has 2 nitrogen and oxygen atoms in total. The van der Waals surface area contributed by atoms with Crippen molar-refractivity contribution in [2.45, 2.75) is 40.2 Å². The molecule has 2 aromatic carbocycles.